The van der Waals surface area contributed by atoms with Crippen molar-refractivity contribution >= 4 is 16.7 Å². The molecule has 0 spiro atoms. The lowest BCUT2D eigenvalue weighted by atomic mass is 10.1. The number of hydrogen-bond donors (Lipinski definition) is 0. The van der Waals surface area contributed by atoms with E-state index in [1.807, 2.05) is 24.3 Å². The second-order valence-electron chi connectivity index (χ2n) is 5.01. The lowest BCUT2D eigenvalue weighted by Gasteiger charge is -2.34. The van der Waals surface area contributed by atoms with Gasteiger partial charge in [-0.25, -0.2) is 4.79 Å². The van der Waals surface area contributed by atoms with Crippen molar-refractivity contribution in [3.05, 3.63) is 40.2 Å². The van der Waals surface area contributed by atoms with Crippen LogP contribution in [-0.4, -0.2) is 38.1 Å². The van der Waals surface area contributed by atoms with E-state index in [0.717, 1.165) is 31.6 Å². The van der Waals surface area contributed by atoms with Crippen molar-refractivity contribution in [2.45, 2.75) is 0 Å². The summed E-state index contributed by atoms with van der Waals surface area (Å²) in [6, 6.07) is 9.38. The minimum atomic E-state index is -0.555. The Labute approximate surface area is 116 Å². The summed E-state index contributed by atoms with van der Waals surface area (Å²) in [6.07, 6.45) is 0. The van der Waals surface area contributed by atoms with E-state index in [1.165, 1.54) is 0 Å². The van der Waals surface area contributed by atoms with Crippen molar-refractivity contribution in [1.82, 2.24) is 4.90 Å². The van der Waals surface area contributed by atoms with E-state index in [0.29, 0.717) is 11.3 Å². The third-order valence-electron chi connectivity index (χ3n) is 3.72. The molecule has 5 nitrogen and oxygen atoms in total. The molecule has 1 saturated heterocycles. The van der Waals surface area contributed by atoms with Crippen LogP contribution in [0, 0.1) is 11.3 Å². The van der Waals surface area contributed by atoms with E-state index < -0.39 is 5.63 Å². The maximum Gasteiger partial charge on any atom is 0.356 e. The number of likely N-dealkylation sites (N-methyl/N-ethyl adjacent to an activating group) is 1. The quantitative estimate of drug-likeness (QED) is 0.733. The third kappa shape index (κ3) is 2.04. The minimum Gasteiger partial charge on any atom is -0.422 e. The van der Waals surface area contributed by atoms with Crippen molar-refractivity contribution in [1.29, 1.82) is 5.26 Å². The Kier molecular flexibility index (Phi) is 3.17. The van der Waals surface area contributed by atoms with E-state index in [9.17, 15) is 10.1 Å². The van der Waals surface area contributed by atoms with Crippen LogP contribution < -0.4 is 10.5 Å². The Hall–Kier alpha value is -2.32. The molecular weight excluding hydrogens is 254 g/mol. The van der Waals surface area contributed by atoms with Crippen LogP contribution in [0.5, 0.6) is 0 Å². The van der Waals surface area contributed by atoms with Gasteiger partial charge in [0.05, 0.1) is 5.69 Å². The lowest BCUT2D eigenvalue weighted by molar-refractivity contribution is 0.313. The normalized spacial score (nSPS) is 16.3. The van der Waals surface area contributed by atoms with Crippen molar-refractivity contribution < 1.29 is 4.42 Å². The molecule has 0 aliphatic carbocycles. The third-order valence-corrected chi connectivity index (χ3v) is 3.72. The van der Waals surface area contributed by atoms with Crippen LogP contribution >= 0.6 is 0 Å². The summed E-state index contributed by atoms with van der Waals surface area (Å²) in [7, 11) is 2.07. The molecule has 0 N–H and O–H groups in total. The van der Waals surface area contributed by atoms with Gasteiger partial charge in [-0.1, -0.05) is 12.1 Å². The van der Waals surface area contributed by atoms with Crippen LogP contribution in [0.3, 0.4) is 0 Å². The van der Waals surface area contributed by atoms with Gasteiger partial charge in [0.25, 0.3) is 0 Å². The van der Waals surface area contributed by atoms with Gasteiger partial charge >= 0.3 is 5.63 Å². The second-order valence-corrected chi connectivity index (χ2v) is 5.01. The van der Waals surface area contributed by atoms with Gasteiger partial charge in [0.1, 0.15) is 11.7 Å². The molecule has 102 valence electrons. The average molecular weight is 269 g/mol. The number of nitrogens with zero attached hydrogens (tertiary/aromatic N) is 3. The van der Waals surface area contributed by atoms with Gasteiger partial charge in [-0.3, -0.25) is 0 Å². The second kappa shape index (κ2) is 4.99. The molecule has 0 saturated carbocycles. The van der Waals surface area contributed by atoms with Gasteiger partial charge < -0.3 is 14.2 Å². The molecule has 20 heavy (non-hydrogen) atoms. The molecule has 1 aromatic heterocycles. The van der Waals surface area contributed by atoms with Gasteiger partial charge in [0, 0.05) is 31.6 Å². The van der Waals surface area contributed by atoms with Crippen molar-refractivity contribution in [2.75, 3.05) is 38.1 Å². The minimum absolute atomic E-state index is 0.105. The van der Waals surface area contributed by atoms with Crippen LogP contribution in [0.4, 0.5) is 5.69 Å². The number of para-hydroxylation sites is 1. The first-order valence-electron chi connectivity index (χ1n) is 6.60. The standard InChI is InChI=1S/C15H15N3O2/c1-17-6-8-18(9-7-17)14-11-4-2-3-5-13(11)20-15(19)12(14)10-16/h2-5H,6-9H2,1H3. The number of benzene rings is 1. The number of piperazine rings is 1. The molecule has 2 heterocycles. The molecule has 3 rings (SSSR count). The summed E-state index contributed by atoms with van der Waals surface area (Å²) >= 11 is 0. The van der Waals surface area contributed by atoms with Gasteiger partial charge in [0.15, 0.2) is 5.56 Å². The lowest BCUT2D eigenvalue weighted by Crippen LogP contribution is -2.45. The summed E-state index contributed by atoms with van der Waals surface area (Å²) in [4.78, 5) is 16.3. The highest BCUT2D eigenvalue weighted by Crippen LogP contribution is 2.29. The van der Waals surface area contributed by atoms with E-state index >= 15 is 0 Å². The molecule has 1 aliphatic rings. The number of hydrogen-bond acceptors (Lipinski definition) is 5. The Balaban J connectivity index is 2.22. The maximum absolute atomic E-state index is 12.0. The smallest absolute Gasteiger partial charge is 0.356 e. The van der Waals surface area contributed by atoms with Crippen molar-refractivity contribution in [3.8, 4) is 6.07 Å². The molecular formula is C15H15N3O2. The SMILES string of the molecule is CN1CCN(c2c(C#N)c(=O)oc3ccccc23)CC1. The van der Waals surface area contributed by atoms with Crippen molar-refractivity contribution in [2.24, 2.45) is 0 Å². The zero-order chi connectivity index (χ0) is 14.1. The highest BCUT2D eigenvalue weighted by Gasteiger charge is 2.22. The van der Waals surface area contributed by atoms with Crippen LogP contribution in [0.2, 0.25) is 0 Å². The maximum atomic E-state index is 12.0. The number of nitriles is 1. The average Bonchev–Trinajstić information content (AvgIpc) is 2.47. The zero-order valence-electron chi connectivity index (χ0n) is 11.3. The molecule has 0 unspecified atom stereocenters. The van der Waals surface area contributed by atoms with Gasteiger partial charge in [-0.2, -0.15) is 5.26 Å². The van der Waals surface area contributed by atoms with Gasteiger partial charge in [-0.05, 0) is 19.2 Å². The van der Waals surface area contributed by atoms with Gasteiger partial charge in [-0.15, -0.1) is 0 Å². The fourth-order valence-electron chi connectivity index (χ4n) is 2.59. The molecule has 0 radical (unpaired) electrons. The first kappa shape index (κ1) is 12.7. The Morgan fingerprint density at radius 3 is 2.60 bits per heavy atom. The summed E-state index contributed by atoms with van der Waals surface area (Å²) in [5.41, 5.74) is 0.797. The van der Waals surface area contributed by atoms with Crippen molar-refractivity contribution in [3.63, 3.8) is 0 Å². The van der Waals surface area contributed by atoms with Gasteiger partial charge in [0.2, 0.25) is 0 Å². The highest BCUT2D eigenvalue weighted by atomic mass is 16.4. The summed E-state index contributed by atoms with van der Waals surface area (Å²) < 4.78 is 5.22. The Morgan fingerprint density at radius 2 is 1.90 bits per heavy atom. The fourth-order valence-corrected chi connectivity index (χ4v) is 2.59. The first-order chi connectivity index (χ1) is 9.70. The molecule has 0 atom stereocenters. The van der Waals surface area contributed by atoms with E-state index in [2.05, 4.69) is 16.8 Å². The summed E-state index contributed by atoms with van der Waals surface area (Å²) in [5.74, 6) is 0. The number of fused-ring (bicyclic) bond motifs is 1. The molecule has 5 heteroatoms. The topological polar surface area (TPSA) is 60.5 Å². The molecule has 1 aliphatic heterocycles. The van der Waals surface area contributed by atoms with Crippen LogP contribution in [0.25, 0.3) is 11.0 Å². The van der Waals surface area contributed by atoms with E-state index in [1.54, 1.807) is 6.07 Å². The molecule has 1 aromatic carbocycles. The van der Waals surface area contributed by atoms with Crippen LogP contribution in [0.15, 0.2) is 33.5 Å². The molecule has 0 bridgehead atoms. The summed E-state index contributed by atoms with van der Waals surface area (Å²) in [5, 5.41) is 10.1. The Morgan fingerprint density at radius 1 is 1.20 bits per heavy atom. The molecule has 0 amide bonds. The summed E-state index contributed by atoms with van der Waals surface area (Å²) in [6.45, 7) is 3.44. The van der Waals surface area contributed by atoms with E-state index in [-0.39, 0.29) is 5.56 Å². The number of anilines is 1. The largest absolute Gasteiger partial charge is 0.422 e. The van der Waals surface area contributed by atoms with Crippen LogP contribution in [0.1, 0.15) is 5.56 Å². The Bertz CT molecular complexity index is 737. The van der Waals surface area contributed by atoms with Crippen LogP contribution in [-0.2, 0) is 0 Å². The zero-order valence-corrected chi connectivity index (χ0v) is 11.3. The van der Waals surface area contributed by atoms with E-state index in [4.69, 9.17) is 4.42 Å². The predicted molar refractivity (Wildman–Crippen MR) is 76.9 cm³/mol. The molecule has 2 aromatic rings. The fraction of sp³-hybridized carbons (Fsp3) is 0.333. The highest BCUT2D eigenvalue weighted by molar-refractivity contribution is 5.93. The number of rotatable bonds is 1. The first-order valence-corrected chi connectivity index (χ1v) is 6.60. The predicted octanol–water partition coefficient (Wildman–Crippen LogP) is 1.42. The monoisotopic (exact) mass is 269 g/mol. The molecule has 1 fully saturated rings.